The smallest absolute Gasteiger partial charge is 0.253 e. The van der Waals surface area contributed by atoms with Crippen LogP contribution in [0, 0.1) is 5.92 Å². The van der Waals surface area contributed by atoms with Gasteiger partial charge in [-0.05, 0) is 56.9 Å². The number of hydrogen-bond acceptors (Lipinski definition) is 6. The molecule has 3 aromatic rings. The number of imidazole rings is 1. The van der Waals surface area contributed by atoms with E-state index in [0.29, 0.717) is 54.2 Å². The molecule has 1 amide bonds. The summed E-state index contributed by atoms with van der Waals surface area (Å²) in [7, 11) is 0. The van der Waals surface area contributed by atoms with Crippen LogP contribution >= 0.6 is 0 Å². The number of anilines is 2. The lowest BCUT2D eigenvalue weighted by Crippen LogP contribution is -2.30. The van der Waals surface area contributed by atoms with Crippen LogP contribution in [0.3, 0.4) is 0 Å². The van der Waals surface area contributed by atoms with E-state index in [1.54, 1.807) is 11.2 Å². The summed E-state index contributed by atoms with van der Waals surface area (Å²) in [6.45, 7) is 6.00. The first-order valence-electron chi connectivity index (χ1n) is 11.2. The second kappa shape index (κ2) is 9.76. The van der Waals surface area contributed by atoms with Crippen molar-refractivity contribution >= 4 is 28.7 Å². The van der Waals surface area contributed by atoms with Gasteiger partial charge in [-0.3, -0.25) is 4.79 Å². The van der Waals surface area contributed by atoms with E-state index in [9.17, 15) is 4.79 Å². The number of H-pyrrole nitrogens is 1. The van der Waals surface area contributed by atoms with Crippen molar-refractivity contribution < 1.29 is 9.53 Å². The zero-order chi connectivity index (χ0) is 21.6. The van der Waals surface area contributed by atoms with Crippen molar-refractivity contribution in [3.05, 3.63) is 36.2 Å². The number of carbonyl (C=O) groups excluding carboxylic acids is 1. The van der Waals surface area contributed by atoms with E-state index in [1.165, 1.54) is 32.1 Å². The number of fused-ring (bicyclic) bond motifs is 1. The van der Waals surface area contributed by atoms with Crippen molar-refractivity contribution in [2.75, 3.05) is 25.0 Å². The lowest BCUT2D eigenvalue weighted by atomic mass is 9.90. The van der Waals surface area contributed by atoms with Gasteiger partial charge in [0, 0.05) is 24.3 Å². The van der Waals surface area contributed by atoms with Gasteiger partial charge in [0.15, 0.2) is 5.65 Å². The number of nitrogens with zero attached hydrogens (tertiary/aromatic N) is 4. The molecule has 1 saturated carbocycles. The molecule has 2 aromatic heterocycles. The van der Waals surface area contributed by atoms with Crippen molar-refractivity contribution in [2.24, 2.45) is 5.92 Å². The Kier molecular flexibility index (Phi) is 6.64. The fourth-order valence-corrected chi connectivity index (χ4v) is 4.04. The highest BCUT2D eigenvalue weighted by Crippen LogP contribution is 2.27. The summed E-state index contributed by atoms with van der Waals surface area (Å²) in [6.07, 6.45) is 7.89. The first-order valence-corrected chi connectivity index (χ1v) is 11.2. The number of carbonyl (C=O) groups is 1. The minimum atomic E-state index is 0.0316. The molecule has 0 aliphatic heterocycles. The Bertz CT molecular complexity index is 1010. The molecule has 0 bridgehead atoms. The van der Waals surface area contributed by atoms with Gasteiger partial charge in [0.1, 0.15) is 5.52 Å². The summed E-state index contributed by atoms with van der Waals surface area (Å²) in [5, 5.41) is 3.21. The molecule has 1 fully saturated rings. The molecule has 0 radical (unpaired) electrons. The summed E-state index contributed by atoms with van der Waals surface area (Å²) >= 11 is 0. The van der Waals surface area contributed by atoms with E-state index in [-0.39, 0.29) is 5.91 Å². The average molecular weight is 423 g/mol. The standard InChI is InChI=1S/C23H30N6O2/c1-3-29(4-2)22(30)17-10-12-18(13-11-17)26-23-27-20-19(24-15-25-20)21(28-23)31-14-16-8-6-5-7-9-16/h10-13,15-16H,3-9,14H2,1-2H3,(H2,24,25,26,27,28). The maximum absolute atomic E-state index is 12.5. The molecule has 0 spiro atoms. The van der Waals surface area contributed by atoms with Gasteiger partial charge in [0.25, 0.3) is 5.91 Å². The number of aromatic nitrogens is 4. The summed E-state index contributed by atoms with van der Waals surface area (Å²) < 4.78 is 6.08. The molecule has 2 N–H and O–H groups in total. The molecule has 0 atom stereocenters. The Morgan fingerprint density at radius 1 is 1.13 bits per heavy atom. The number of amides is 1. The van der Waals surface area contributed by atoms with Gasteiger partial charge in [-0.25, -0.2) is 4.98 Å². The van der Waals surface area contributed by atoms with Crippen LogP contribution in [0.1, 0.15) is 56.3 Å². The van der Waals surface area contributed by atoms with Crippen LogP contribution in [0.15, 0.2) is 30.6 Å². The Balaban J connectivity index is 1.48. The molecule has 4 rings (SSSR count). The maximum atomic E-state index is 12.5. The zero-order valence-corrected chi connectivity index (χ0v) is 18.2. The largest absolute Gasteiger partial charge is 0.476 e. The highest BCUT2D eigenvalue weighted by Gasteiger charge is 2.17. The van der Waals surface area contributed by atoms with Gasteiger partial charge in [-0.1, -0.05) is 19.3 Å². The second-order valence-electron chi connectivity index (χ2n) is 7.95. The zero-order valence-electron chi connectivity index (χ0n) is 18.2. The second-order valence-corrected chi connectivity index (χ2v) is 7.95. The third-order valence-electron chi connectivity index (χ3n) is 5.87. The van der Waals surface area contributed by atoms with Crippen LogP contribution in [-0.2, 0) is 0 Å². The fourth-order valence-electron chi connectivity index (χ4n) is 4.04. The summed E-state index contributed by atoms with van der Waals surface area (Å²) in [5.74, 6) is 1.54. The van der Waals surface area contributed by atoms with E-state index < -0.39 is 0 Å². The van der Waals surface area contributed by atoms with Crippen LogP contribution in [-0.4, -0.2) is 50.4 Å². The number of benzene rings is 1. The van der Waals surface area contributed by atoms with Gasteiger partial charge in [0.05, 0.1) is 12.9 Å². The molecule has 1 aliphatic carbocycles. The highest BCUT2D eigenvalue weighted by atomic mass is 16.5. The molecule has 8 nitrogen and oxygen atoms in total. The van der Waals surface area contributed by atoms with Crippen molar-refractivity contribution in [2.45, 2.75) is 46.0 Å². The van der Waals surface area contributed by atoms with Gasteiger partial charge in [0.2, 0.25) is 11.8 Å². The summed E-state index contributed by atoms with van der Waals surface area (Å²) in [6, 6.07) is 7.35. The number of hydrogen-bond donors (Lipinski definition) is 2. The molecule has 1 aromatic carbocycles. The molecule has 2 heterocycles. The number of aromatic amines is 1. The molecule has 164 valence electrons. The maximum Gasteiger partial charge on any atom is 0.253 e. The summed E-state index contributed by atoms with van der Waals surface area (Å²) in [5.41, 5.74) is 2.73. The first kappa shape index (κ1) is 21.1. The van der Waals surface area contributed by atoms with E-state index >= 15 is 0 Å². The van der Waals surface area contributed by atoms with E-state index in [4.69, 9.17) is 4.74 Å². The Morgan fingerprint density at radius 3 is 2.58 bits per heavy atom. The fraction of sp³-hybridized carbons (Fsp3) is 0.478. The van der Waals surface area contributed by atoms with Crippen molar-refractivity contribution in [3.8, 4) is 5.88 Å². The van der Waals surface area contributed by atoms with Gasteiger partial charge in [-0.2, -0.15) is 9.97 Å². The van der Waals surface area contributed by atoms with Gasteiger partial charge >= 0.3 is 0 Å². The van der Waals surface area contributed by atoms with E-state index in [0.717, 1.165) is 5.69 Å². The van der Waals surface area contributed by atoms with Crippen LogP contribution in [0.2, 0.25) is 0 Å². The molecule has 0 unspecified atom stereocenters. The van der Waals surface area contributed by atoms with E-state index in [2.05, 4.69) is 25.3 Å². The molecule has 31 heavy (non-hydrogen) atoms. The third kappa shape index (κ3) is 4.95. The average Bonchev–Trinajstić information content (AvgIpc) is 3.28. The third-order valence-corrected chi connectivity index (χ3v) is 5.87. The summed E-state index contributed by atoms with van der Waals surface area (Å²) in [4.78, 5) is 30.7. The Labute approximate surface area is 182 Å². The van der Waals surface area contributed by atoms with Gasteiger partial charge in [-0.15, -0.1) is 0 Å². The number of nitrogens with one attached hydrogen (secondary N) is 2. The molecular weight excluding hydrogens is 392 g/mol. The molecule has 8 heteroatoms. The molecule has 0 saturated heterocycles. The van der Waals surface area contributed by atoms with Crippen LogP contribution in [0.5, 0.6) is 5.88 Å². The predicted molar refractivity (Wildman–Crippen MR) is 121 cm³/mol. The SMILES string of the molecule is CCN(CC)C(=O)c1ccc(Nc2nc(OCC3CCCCC3)c3[nH]cnc3n2)cc1. The highest BCUT2D eigenvalue weighted by molar-refractivity contribution is 5.94. The van der Waals surface area contributed by atoms with Crippen LogP contribution < -0.4 is 10.1 Å². The Hall–Kier alpha value is -3.16. The lowest BCUT2D eigenvalue weighted by molar-refractivity contribution is 0.0773. The first-order chi connectivity index (χ1) is 15.2. The predicted octanol–water partition coefficient (Wildman–Crippen LogP) is 4.54. The monoisotopic (exact) mass is 422 g/mol. The quantitative estimate of drug-likeness (QED) is 0.553. The van der Waals surface area contributed by atoms with Crippen LogP contribution in [0.4, 0.5) is 11.6 Å². The molecule has 1 aliphatic rings. The lowest BCUT2D eigenvalue weighted by Gasteiger charge is -2.21. The van der Waals surface area contributed by atoms with Crippen molar-refractivity contribution in [1.29, 1.82) is 0 Å². The minimum absolute atomic E-state index is 0.0316. The Morgan fingerprint density at radius 2 is 1.87 bits per heavy atom. The van der Waals surface area contributed by atoms with Crippen molar-refractivity contribution in [1.82, 2.24) is 24.8 Å². The normalized spacial score (nSPS) is 14.5. The van der Waals surface area contributed by atoms with Crippen LogP contribution in [0.25, 0.3) is 11.2 Å². The number of rotatable bonds is 8. The van der Waals surface area contributed by atoms with E-state index in [1.807, 2.05) is 38.1 Å². The molecular formula is C23H30N6O2. The number of ether oxygens (including phenoxy) is 1. The minimum Gasteiger partial charge on any atom is -0.476 e. The van der Waals surface area contributed by atoms with Gasteiger partial charge < -0.3 is 19.9 Å². The van der Waals surface area contributed by atoms with Crippen molar-refractivity contribution in [3.63, 3.8) is 0 Å². The topological polar surface area (TPSA) is 96.0 Å².